The zero-order valence-corrected chi connectivity index (χ0v) is 25.0. The van der Waals surface area contributed by atoms with E-state index in [1.54, 1.807) is 19.4 Å². The number of ether oxygens (including phenoxy) is 3. The van der Waals surface area contributed by atoms with Crippen LogP contribution in [-0.2, 0) is 29.0 Å². The van der Waals surface area contributed by atoms with Gasteiger partial charge in [0.15, 0.2) is 11.5 Å². The fourth-order valence-electron chi connectivity index (χ4n) is 5.47. The molecule has 1 aliphatic carbocycles. The van der Waals surface area contributed by atoms with Gasteiger partial charge in [0.25, 0.3) is 5.91 Å². The second-order valence-corrected chi connectivity index (χ2v) is 11.0. The molecule has 0 saturated carbocycles. The SMILES string of the molecule is COc1ccc2cc1OCCN(C(=O)c1cc3c(nc1OC)CCC3)CC(=O)N[C@H](C(C)C)C(=O)NCCn1ccnc1-2. The summed E-state index contributed by atoms with van der Waals surface area (Å²) in [7, 11) is 3.03. The molecular weight excluding hydrogens is 552 g/mol. The van der Waals surface area contributed by atoms with Crippen LogP contribution in [0.1, 0.15) is 41.9 Å². The molecule has 1 aliphatic heterocycles. The van der Waals surface area contributed by atoms with E-state index in [4.69, 9.17) is 14.2 Å². The predicted molar refractivity (Wildman–Crippen MR) is 158 cm³/mol. The number of hydrogen-bond acceptors (Lipinski definition) is 8. The van der Waals surface area contributed by atoms with E-state index in [-0.39, 0.29) is 43.0 Å². The Morgan fingerprint density at radius 1 is 1.12 bits per heavy atom. The molecule has 2 aliphatic rings. The Hall–Kier alpha value is -4.61. The molecule has 12 nitrogen and oxygen atoms in total. The Balaban J connectivity index is 1.48. The average molecular weight is 591 g/mol. The Morgan fingerprint density at radius 3 is 2.72 bits per heavy atom. The summed E-state index contributed by atoms with van der Waals surface area (Å²) >= 11 is 0. The van der Waals surface area contributed by atoms with E-state index in [0.717, 1.165) is 36.1 Å². The summed E-state index contributed by atoms with van der Waals surface area (Å²) in [6.07, 6.45) is 6.16. The monoisotopic (exact) mass is 590 g/mol. The molecule has 1 atom stereocenters. The van der Waals surface area contributed by atoms with Crippen molar-refractivity contribution >= 4 is 17.7 Å². The highest BCUT2D eigenvalue weighted by Crippen LogP contribution is 2.32. The first kappa shape index (κ1) is 29.9. The highest BCUT2D eigenvalue weighted by atomic mass is 16.5. The maximum absolute atomic E-state index is 14.0. The van der Waals surface area contributed by atoms with Gasteiger partial charge in [-0.2, -0.15) is 0 Å². The van der Waals surface area contributed by atoms with Crippen molar-refractivity contribution in [2.45, 2.75) is 45.7 Å². The molecule has 0 saturated heterocycles. The maximum atomic E-state index is 14.0. The summed E-state index contributed by atoms with van der Waals surface area (Å²) in [5.74, 6) is 0.559. The largest absolute Gasteiger partial charge is 0.493 e. The van der Waals surface area contributed by atoms with Gasteiger partial charge in [-0.1, -0.05) is 13.8 Å². The zero-order valence-electron chi connectivity index (χ0n) is 25.0. The van der Waals surface area contributed by atoms with Gasteiger partial charge < -0.3 is 34.3 Å². The van der Waals surface area contributed by atoms with Crippen molar-refractivity contribution in [2.24, 2.45) is 5.92 Å². The highest BCUT2D eigenvalue weighted by Gasteiger charge is 2.29. The van der Waals surface area contributed by atoms with E-state index < -0.39 is 17.9 Å². The first-order valence-electron chi connectivity index (χ1n) is 14.5. The number of benzene rings is 1. The fourth-order valence-corrected chi connectivity index (χ4v) is 5.47. The van der Waals surface area contributed by atoms with Crippen LogP contribution in [0.25, 0.3) is 11.4 Å². The first-order chi connectivity index (χ1) is 20.8. The number of carbonyl (C=O) groups excluding carboxylic acids is 3. The van der Waals surface area contributed by atoms with Gasteiger partial charge in [-0.25, -0.2) is 9.97 Å². The summed E-state index contributed by atoms with van der Waals surface area (Å²) < 4.78 is 19.1. The summed E-state index contributed by atoms with van der Waals surface area (Å²) in [5.41, 5.74) is 3.02. The molecule has 0 unspecified atom stereocenters. The lowest BCUT2D eigenvalue weighted by Crippen LogP contribution is -2.53. The number of nitrogens with zero attached hydrogens (tertiary/aromatic N) is 4. The summed E-state index contributed by atoms with van der Waals surface area (Å²) in [6.45, 7) is 4.38. The van der Waals surface area contributed by atoms with Crippen molar-refractivity contribution < 1.29 is 28.6 Å². The average Bonchev–Trinajstić information content (AvgIpc) is 3.67. The lowest BCUT2D eigenvalue weighted by molar-refractivity contribution is -0.130. The Bertz CT molecular complexity index is 1500. The lowest BCUT2D eigenvalue weighted by Gasteiger charge is -2.26. The molecule has 2 N–H and O–H groups in total. The van der Waals surface area contributed by atoms with Crippen LogP contribution in [0.3, 0.4) is 0 Å². The minimum Gasteiger partial charge on any atom is -0.493 e. The number of carbonyl (C=O) groups is 3. The smallest absolute Gasteiger partial charge is 0.259 e. The van der Waals surface area contributed by atoms with Crippen LogP contribution < -0.4 is 24.8 Å². The number of aryl methyl sites for hydroxylation is 2. The van der Waals surface area contributed by atoms with Gasteiger partial charge in [-0.15, -0.1) is 0 Å². The van der Waals surface area contributed by atoms with E-state index in [0.29, 0.717) is 30.4 Å². The van der Waals surface area contributed by atoms with Crippen LogP contribution in [0.4, 0.5) is 0 Å². The van der Waals surface area contributed by atoms with Crippen LogP contribution in [0.2, 0.25) is 0 Å². The van der Waals surface area contributed by atoms with E-state index >= 15 is 0 Å². The Labute approximate surface area is 250 Å². The van der Waals surface area contributed by atoms with Gasteiger partial charge in [0.1, 0.15) is 24.0 Å². The van der Waals surface area contributed by atoms with Crippen LogP contribution in [0.15, 0.2) is 36.7 Å². The third-order valence-corrected chi connectivity index (χ3v) is 7.73. The summed E-state index contributed by atoms with van der Waals surface area (Å²) in [5, 5.41) is 5.76. The summed E-state index contributed by atoms with van der Waals surface area (Å²) in [6, 6.07) is 6.54. The second kappa shape index (κ2) is 13.1. The van der Waals surface area contributed by atoms with Crippen molar-refractivity contribution in [3.8, 4) is 28.8 Å². The van der Waals surface area contributed by atoms with Crippen molar-refractivity contribution in [1.29, 1.82) is 0 Å². The molecule has 228 valence electrons. The molecule has 3 aromatic rings. The number of amides is 3. The number of imidazole rings is 1. The van der Waals surface area contributed by atoms with Crippen molar-refractivity contribution in [1.82, 2.24) is 30.1 Å². The minimum atomic E-state index is -0.783. The molecule has 0 radical (unpaired) electrons. The number of fused-ring (bicyclic) bond motifs is 5. The van der Waals surface area contributed by atoms with Crippen LogP contribution in [0, 0.1) is 5.92 Å². The third-order valence-electron chi connectivity index (χ3n) is 7.73. The maximum Gasteiger partial charge on any atom is 0.259 e. The number of aromatic nitrogens is 3. The van der Waals surface area contributed by atoms with E-state index in [1.807, 2.05) is 42.8 Å². The Kier molecular flexibility index (Phi) is 9.13. The van der Waals surface area contributed by atoms with Gasteiger partial charge >= 0.3 is 0 Å². The lowest BCUT2D eigenvalue weighted by atomic mass is 10.0. The quantitative estimate of drug-likeness (QED) is 0.472. The fraction of sp³-hybridized carbons (Fsp3) is 0.452. The third kappa shape index (κ3) is 6.58. The van der Waals surface area contributed by atoms with E-state index in [2.05, 4.69) is 20.6 Å². The van der Waals surface area contributed by atoms with Crippen LogP contribution >= 0.6 is 0 Å². The minimum absolute atomic E-state index is 0.0715. The van der Waals surface area contributed by atoms with Crippen molar-refractivity contribution in [2.75, 3.05) is 40.5 Å². The molecule has 0 spiro atoms. The van der Waals surface area contributed by atoms with Crippen LogP contribution in [-0.4, -0.2) is 83.7 Å². The first-order valence-corrected chi connectivity index (χ1v) is 14.5. The molecule has 12 heteroatoms. The molecule has 3 amide bonds. The van der Waals surface area contributed by atoms with Gasteiger partial charge in [0.05, 0.1) is 27.3 Å². The molecule has 2 bridgehead atoms. The zero-order chi connectivity index (χ0) is 30.5. The van der Waals surface area contributed by atoms with E-state index in [1.165, 1.54) is 12.0 Å². The molecular formula is C31H38N6O6. The molecule has 0 fully saturated rings. The normalized spacial score (nSPS) is 17.7. The molecule has 2 aromatic heterocycles. The standard InChI is InChI=1S/C31H38N6O6/c1-19(2)27-29(39)33-11-13-36-12-10-32-28(36)21-8-9-24(41-3)25(17-21)43-15-14-37(18-26(38)35-27)31(40)22-16-20-6-5-7-23(20)34-30(22)42-4/h8-10,12,16-17,19,27H,5-7,11,13-15,18H2,1-4H3,(H,33,39)(H,35,38)/t27-/m1/s1. The second-order valence-electron chi connectivity index (χ2n) is 11.0. The number of hydrogen-bond donors (Lipinski definition) is 2. The number of nitrogens with one attached hydrogen (secondary N) is 2. The number of rotatable bonds is 4. The van der Waals surface area contributed by atoms with Gasteiger partial charge in [-0.3, -0.25) is 14.4 Å². The predicted octanol–water partition coefficient (Wildman–Crippen LogP) is 2.24. The number of methoxy groups -OCH3 is 2. The topological polar surface area (TPSA) is 137 Å². The molecule has 5 rings (SSSR count). The Morgan fingerprint density at radius 2 is 1.95 bits per heavy atom. The van der Waals surface area contributed by atoms with E-state index in [9.17, 15) is 14.4 Å². The van der Waals surface area contributed by atoms with Crippen LogP contribution in [0.5, 0.6) is 17.4 Å². The molecule has 1 aromatic carbocycles. The molecule has 43 heavy (non-hydrogen) atoms. The van der Waals surface area contributed by atoms with Gasteiger partial charge in [-0.05, 0) is 55.0 Å². The van der Waals surface area contributed by atoms with Gasteiger partial charge in [0.2, 0.25) is 17.7 Å². The number of pyridine rings is 1. The van der Waals surface area contributed by atoms with Crippen molar-refractivity contribution in [3.63, 3.8) is 0 Å². The molecule has 3 heterocycles. The van der Waals surface area contributed by atoms with Crippen molar-refractivity contribution in [3.05, 3.63) is 53.5 Å². The highest BCUT2D eigenvalue weighted by molar-refractivity contribution is 5.99. The van der Waals surface area contributed by atoms with Gasteiger partial charge in [0, 0.05) is 36.7 Å². The summed E-state index contributed by atoms with van der Waals surface area (Å²) in [4.78, 5) is 50.9.